The molecule has 3 bridgehead atoms. The van der Waals surface area contributed by atoms with Crippen molar-refractivity contribution in [2.24, 2.45) is 23.2 Å². The zero-order valence-electron chi connectivity index (χ0n) is 29.9. The second-order valence-corrected chi connectivity index (χ2v) is 20.7. The van der Waals surface area contributed by atoms with Crippen LogP contribution in [0, 0.1) is 37.0 Å². The third-order valence-corrected chi connectivity index (χ3v) is 18.6. The summed E-state index contributed by atoms with van der Waals surface area (Å²) >= 11 is 4.19. The van der Waals surface area contributed by atoms with Crippen LogP contribution < -0.4 is 21.3 Å². The summed E-state index contributed by atoms with van der Waals surface area (Å²) in [4.78, 5) is 9.02. The standard InChI is InChI=1S/C45H46BNS2/c1-7-15-43(6)42(4,5)36-30(44-20-26-17-27-18-28(22-44)45(27,21-26)23-44)19-34-38-40(36)47(43)31-13-10-14-32-37(31)46(38)39-33(48-32)16-25(3)35(41(39)49-34)29-12-9-8-11-24(29)2/h8-14,16,19,26-28H,7,15,17-18,20-23H2,1-6H3/t26?,27?,28?,43-,44?,45?/m1/s1. The Morgan fingerprint density at radius 3 is 2.49 bits per heavy atom. The molecule has 4 heterocycles. The van der Waals surface area contributed by atoms with Gasteiger partial charge in [-0.2, -0.15) is 0 Å². The van der Waals surface area contributed by atoms with Crippen molar-refractivity contribution >= 4 is 58.0 Å². The highest BCUT2D eigenvalue weighted by molar-refractivity contribution is 8.01. The van der Waals surface area contributed by atoms with Crippen molar-refractivity contribution < 1.29 is 0 Å². The molecule has 4 aromatic rings. The van der Waals surface area contributed by atoms with E-state index in [1.165, 1.54) is 87.6 Å². The first-order valence-electron chi connectivity index (χ1n) is 19.3. The van der Waals surface area contributed by atoms with Crippen molar-refractivity contribution in [3.63, 3.8) is 0 Å². The Bertz CT molecular complexity index is 2230. The molecule has 0 aromatic heterocycles. The van der Waals surface area contributed by atoms with Crippen molar-refractivity contribution in [3.05, 3.63) is 76.9 Å². The van der Waals surface area contributed by atoms with E-state index in [1.807, 2.05) is 11.8 Å². The van der Waals surface area contributed by atoms with Crippen LogP contribution in [0.25, 0.3) is 11.1 Å². The normalized spacial score (nSPS) is 33.6. The number of rotatable bonds is 4. The van der Waals surface area contributed by atoms with E-state index in [-0.39, 0.29) is 11.0 Å². The van der Waals surface area contributed by atoms with Gasteiger partial charge < -0.3 is 4.90 Å². The van der Waals surface area contributed by atoms with Gasteiger partial charge in [-0.15, -0.1) is 0 Å². The minimum absolute atomic E-state index is 0.0201. The molecule has 1 nitrogen and oxygen atoms in total. The maximum atomic E-state index is 2.95. The first-order chi connectivity index (χ1) is 23.6. The Kier molecular flexibility index (Phi) is 5.28. The molecule has 12 rings (SSSR count). The van der Waals surface area contributed by atoms with E-state index in [0.717, 1.165) is 17.8 Å². The number of anilines is 2. The Balaban J connectivity index is 1.20. The molecular weight excluding hydrogens is 629 g/mol. The molecule has 0 N–H and O–H groups in total. The first kappa shape index (κ1) is 29.1. The minimum atomic E-state index is 0.0201. The topological polar surface area (TPSA) is 3.24 Å². The van der Waals surface area contributed by atoms with Gasteiger partial charge in [-0.3, -0.25) is 0 Å². The van der Waals surface area contributed by atoms with Crippen LogP contribution in [0.2, 0.25) is 0 Å². The number of hydrogen-bond donors (Lipinski definition) is 0. The van der Waals surface area contributed by atoms with Crippen LogP contribution in [-0.2, 0) is 10.8 Å². The molecule has 0 radical (unpaired) electrons. The van der Waals surface area contributed by atoms with Crippen LogP contribution in [0.3, 0.4) is 0 Å². The smallest absolute Gasteiger partial charge is 0.252 e. The number of fused-ring (bicyclic) bond motifs is 3. The fourth-order valence-electron chi connectivity index (χ4n) is 14.3. The Hall–Kier alpha value is -2.56. The highest BCUT2D eigenvalue weighted by atomic mass is 32.2. The zero-order chi connectivity index (χ0) is 33.0. The predicted molar refractivity (Wildman–Crippen MR) is 208 cm³/mol. The highest BCUT2D eigenvalue weighted by Gasteiger charge is 2.72. The van der Waals surface area contributed by atoms with Gasteiger partial charge in [0.05, 0.1) is 5.54 Å². The monoisotopic (exact) mass is 675 g/mol. The molecule has 4 aromatic carbocycles. The molecule has 4 heteroatoms. The average molecular weight is 676 g/mol. The summed E-state index contributed by atoms with van der Waals surface area (Å²) in [5.41, 5.74) is 18.3. The van der Waals surface area contributed by atoms with Crippen molar-refractivity contribution in [2.45, 2.75) is 129 Å². The lowest BCUT2D eigenvalue weighted by Gasteiger charge is -2.50. The van der Waals surface area contributed by atoms with E-state index in [1.54, 1.807) is 44.5 Å². The molecule has 0 saturated heterocycles. The van der Waals surface area contributed by atoms with E-state index < -0.39 is 0 Å². The largest absolute Gasteiger partial charge is 0.335 e. The van der Waals surface area contributed by atoms with Crippen LogP contribution in [0.1, 0.15) is 101 Å². The molecule has 4 aliphatic heterocycles. The molecular formula is C45H46BNS2. The maximum absolute atomic E-state index is 2.95. The fourth-order valence-corrected chi connectivity index (χ4v) is 17.0. The molecule has 4 saturated carbocycles. The van der Waals surface area contributed by atoms with Crippen molar-refractivity contribution in [1.29, 1.82) is 0 Å². The van der Waals surface area contributed by atoms with Crippen LogP contribution in [-0.4, -0.2) is 12.3 Å². The minimum Gasteiger partial charge on any atom is -0.335 e. The lowest BCUT2D eigenvalue weighted by atomic mass is 9.34. The van der Waals surface area contributed by atoms with Crippen LogP contribution in [0.5, 0.6) is 0 Å². The second kappa shape index (κ2) is 8.90. The molecule has 8 aliphatic rings. The molecule has 4 aliphatic carbocycles. The van der Waals surface area contributed by atoms with Crippen molar-refractivity contribution in [3.8, 4) is 11.1 Å². The van der Waals surface area contributed by atoms with Crippen LogP contribution in [0.15, 0.2) is 74.2 Å². The van der Waals surface area contributed by atoms with Crippen LogP contribution >= 0.6 is 23.5 Å². The van der Waals surface area contributed by atoms with Gasteiger partial charge in [0.15, 0.2) is 0 Å². The van der Waals surface area contributed by atoms with E-state index in [9.17, 15) is 0 Å². The molecule has 246 valence electrons. The van der Waals surface area contributed by atoms with E-state index in [0.29, 0.717) is 17.5 Å². The zero-order valence-corrected chi connectivity index (χ0v) is 31.6. The van der Waals surface area contributed by atoms with Gasteiger partial charge in [-0.05, 0) is 168 Å². The number of aryl methyl sites for hydroxylation is 2. The number of nitrogens with zero attached hydrogens (tertiary/aromatic N) is 1. The summed E-state index contributed by atoms with van der Waals surface area (Å²) in [6, 6.07) is 21.8. The van der Waals surface area contributed by atoms with Gasteiger partial charge in [-0.25, -0.2) is 0 Å². The van der Waals surface area contributed by atoms with Gasteiger partial charge in [0.1, 0.15) is 0 Å². The first-order valence-corrected chi connectivity index (χ1v) is 21.0. The van der Waals surface area contributed by atoms with Gasteiger partial charge in [0.25, 0.3) is 6.71 Å². The molecule has 1 spiro atoms. The van der Waals surface area contributed by atoms with E-state index in [2.05, 4.69) is 113 Å². The highest BCUT2D eigenvalue weighted by Crippen LogP contribution is 2.80. The quantitative estimate of drug-likeness (QED) is 0.171. The summed E-state index contributed by atoms with van der Waals surface area (Å²) < 4.78 is 0. The van der Waals surface area contributed by atoms with Crippen molar-refractivity contribution in [2.75, 3.05) is 4.90 Å². The van der Waals surface area contributed by atoms with E-state index >= 15 is 0 Å². The van der Waals surface area contributed by atoms with Gasteiger partial charge in [-0.1, -0.05) is 81.0 Å². The molecule has 5 unspecified atom stereocenters. The predicted octanol–water partition coefficient (Wildman–Crippen LogP) is 10.2. The third-order valence-electron chi connectivity index (χ3n) is 16.2. The van der Waals surface area contributed by atoms with Gasteiger partial charge >= 0.3 is 0 Å². The SMILES string of the molecule is CCC[C@@]1(C)N2c3cccc4c3B3c5c(cc(C)c(-c6ccccc6C)c5Sc5cc(C67CC8CC9CC(C6)C9(C8)C7)c(c2c53)C1(C)C)S4. The van der Waals surface area contributed by atoms with Gasteiger partial charge in [0, 0.05) is 36.4 Å². The summed E-state index contributed by atoms with van der Waals surface area (Å²) in [5.74, 6) is 2.94. The summed E-state index contributed by atoms with van der Waals surface area (Å²) in [7, 11) is 0. The van der Waals surface area contributed by atoms with Crippen LogP contribution in [0.4, 0.5) is 11.4 Å². The maximum Gasteiger partial charge on any atom is 0.252 e. The summed E-state index contributed by atoms with van der Waals surface area (Å²) in [6.07, 6.45) is 11.4. The Labute approximate surface area is 301 Å². The fraction of sp³-hybridized carbons (Fsp3) is 0.467. The number of hydrogen-bond acceptors (Lipinski definition) is 3. The molecule has 6 atom stereocenters. The van der Waals surface area contributed by atoms with E-state index in [4.69, 9.17) is 0 Å². The number of benzene rings is 4. The van der Waals surface area contributed by atoms with Crippen molar-refractivity contribution in [1.82, 2.24) is 0 Å². The van der Waals surface area contributed by atoms with Gasteiger partial charge in [0.2, 0.25) is 0 Å². The lowest BCUT2D eigenvalue weighted by Crippen LogP contribution is -2.64. The molecule has 49 heavy (non-hydrogen) atoms. The second-order valence-electron chi connectivity index (χ2n) is 18.5. The Morgan fingerprint density at radius 2 is 1.65 bits per heavy atom. The average Bonchev–Trinajstić information content (AvgIpc) is 3.48. The molecule has 0 amide bonds. The summed E-state index contributed by atoms with van der Waals surface area (Å²) in [5, 5.41) is 0. The third kappa shape index (κ3) is 3.10. The summed E-state index contributed by atoms with van der Waals surface area (Å²) in [6.45, 7) is 15.4. The molecule has 4 fully saturated rings. The Morgan fingerprint density at radius 1 is 0.816 bits per heavy atom. The lowest BCUT2D eigenvalue weighted by molar-refractivity contribution is -0.000196.